The van der Waals surface area contributed by atoms with Gasteiger partial charge >= 0.3 is 29.6 Å². The number of unbranched alkanes of at least 4 members (excludes halogenated alkanes) is 7. The van der Waals surface area contributed by atoms with Crippen LogP contribution in [0.3, 0.4) is 0 Å². The first-order valence-corrected chi connectivity index (χ1v) is 8.37. The van der Waals surface area contributed by atoms with Crippen LogP contribution in [0.1, 0.15) is 51.4 Å². The molecule has 112 valence electrons. The molecule has 0 aromatic rings. The molecule has 0 aromatic carbocycles. The van der Waals surface area contributed by atoms with Gasteiger partial charge in [-0.05, 0) is 18.9 Å². The Labute approximate surface area is 144 Å². The van der Waals surface area contributed by atoms with Crippen molar-refractivity contribution in [1.29, 1.82) is 0 Å². The zero-order valence-corrected chi connectivity index (χ0v) is 15.2. The van der Waals surface area contributed by atoms with Crippen molar-refractivity contribution < 1.29 is 47.3 Å². The van der Waals surface area contributed by atoms with Crippen LogP contribution in [-0.2, 0) is 14.9 Å². The average molecular weight is 313 g/mol. The Morgan fingerprint density at radius 3 is 1.90 bits per heavy atom. The molecule has 0 atom stereocenters. The van der Waals surface area contributed by atoms with Crippen molar-refractivity contribution in [3.8, 4) is 0 Å². The number of amides is 1. The van der Waals surface area contributed by atoms with E-state index in [1.165, 1.54) is 6.08 Å². The summed E-state index contributed by atoms with van der Waals surface area (Å²) in [6.45, 7) is 4.06. The van der Waals surface area contributed by atoms with E-state index in [0.717, 1.165) is 44.9 Å². The van der Waals surface area contributed by atoms with Gasteiger partial charge < -0.3 is 9.87 Å². The second-order valence-electron chi connectivity index (χ2n) is 4.59. The molecule has 0 saturated heterocycles. The summed E-state index contributed by atoms with van der Waals surface area (Å²) in [5, 5.41) is 2.72. The van der Waals surface area contributed by atoms with Crippen molar-refractivity contribution in [2.75, 3.05) is 12.3 Å². The molecule has 0 rings (SSSR count). The SMILES string of the molecule is C=CC(=O)NCCCCCCCCCCS(=O)(=O)[O-].[Na+]. The fourth-order valence-electron chi connectivity index (χ4n) is 1.75. The Bertz CT molecular complexity index is 357. The first kappa shape index (κ1) is 22.4. The van der Waals surface area contributed by atoms with Crippen LogP contribution in [0.25, 0.3) is 0 Å². The Hall–Kier alpha value is 0.120. The molecule has 7 heteroatoms. The third-order valence-corrected chi connectivity index (χ3v) is 3.59. The Morgan fingerprint density at radius 2 is 1.45 bits per heavy atom. The molecule has 0 heterocycles. The van der Waals surface area contributed by atoms with E-state index in [9.17, 15) is 17.8 Å². The van der Waals surface area contributed by atoms with Crippen LogP contribution >= 0.6 is 0 Å². The summed E-state index contributed by atoms with van der Waals surface area (Å²) in [6, 6.07) is 0. The largest absolute Gasteiger partial charge is 1.00 e. The molecule has 0 spiro atoms. The van der Waals surface area contributed by atoms with Gasteiger partial charge in [0.2, 0.25) is 5.91 Å². The number of hydrogen-bond acceptors (Lipinski definition) is 4. The van der Waals surface area contributed by atoms with E-state index in [1.807, 2.05) is 0 Å². The van der Waals surface area contributed by atoms with E-state index in [-0.39, 0.29) is 41.2 Å². The van der Waals surface area contributed by atoms with Gasteiger partial charge in [0, 0.05) is 12.3 Å². The minimum atomic E-state index is -4.03. The van der Waals surface area contributed by atoms with E-state index < -0.39 is 10.1 Å². The molecule has 0 aromatic heterocycles. The van der Waals surface area contributed by atoms with Gasteiger partial charge in [0.25, 0.3) is 0 Å². The molecule has 0 fully saturated rings. The third kappa shape index (κ3) is 18.1. The van der Waals surface area contributed by atoms with E-state index in [4.69, 9.17) is 0 Å². The molecule has 0 aliphatic heterocycles. The molecule has 0 radical (unpaired) electrons. The van der Waals surface area contributed by atoms with Crippen molar-refractivity contribution in [2.45, 2.75) is 51.4 Å². The maximum Gasteiger partial charge on any atom is 1.00 e. The van der Waals surface area contributed by atoms with Gasteiger partial charge in [-0.2, -0.15) is 0 Å². The minimum Gasteiger partial charge on any atom is -0.748 e. The summed E-state index contributed by atoms with van der Waals surface area (Å²) >= 11 is 0. The van der Waals surface area contributed by atoms with E-state index in [0.29, 0.717) is 13.0 Å². The van der Waals surface area contributed by atoms with E-state index in [2.05, 4.69) is 11.9 Å². The van der Waals surface area contributed by atoms with Crippen molar-refractivity contribution in [3.05, 3.63) is 12.7 Å². The predicted molar refractivity (Wildman–Crippen MR) is 74.7 cm³/mol. The first-order valence-electron chi connectivity index (χ1n) is 6.79. The monoisotopic (exact) mass is 313 g/mol. The average Bonchev–Trinajstić information content (AvgIpc) is 2.34. The second-order valence-corrected chi connectivity index (χ2v) is 6.11. The van der Waals surface area contributed by atoms with Crippen LogP contribution in [-0.4, -0.2) is 31.2 Å². The van der Waals surface area contributed by atoms with Crippen LogP contribution in [0.5, 0.6) is 0 Å². The molecule has 0 aliphatic carbocycles. The Morgan fingerprint density at radius 1 is 1.00 bits per heavy atom. The summed E-state index contributed by atoms with van der Waals surface area (Å²) in [7, 11) is -4.03. The molecule has 1 N–H and O–H groups in total. The van der Waals surface area contributed by atoms with Gasteiger partial charge in [-0.1, -0.05) is 45.1 Å². The maximum absolute atomic E-state index is 10.8. The van der Waals surface area contributed by atoms with Crippen LogP contribution in [0.2, 0.25) is 0 Å². The quantitative estimate of drug-likeness (QED) is 0.216. The van der Waals surface area contributed by atoms with Gasteiger partial charge in [0.15, 0.2) is 0 Å². The summed E-state index contributed by atoms with van der Waals surface area (Å²) in [6.07, 6.45) is 8.85. The molecule has 5 nitrogen and oxygen atoms in total. The molecule has 20 heavy (non-hydrogen) atoms. The second kappa shape index (κ2) is 14.1. The zero-order valence-electron chi connectivity index (χ0n) is 12.4. The normalized spacial score (nSPS) is 10.7. The van der Waals surface area contributed by atoms with Crippen LogP contribution in [0.4, 0.5) is 0 Å². The predicted octanol–water partition coefficient (Wildman–Crippen LogP) is -1.04. The smallest absolute Gasteiger partial charge is 0.748 e. The van der Waals surface area contributed by atoms with Crippen molar-refractivity contribution in [1.82, 2.24) is 5.32 Å². The summed E-state index contributed by atoms with van der Waals surface area (Å²) in [5.74, 6) is -0.371. The number of rotatable bonds is 12. The molecule has 0 unspecified atom stereocenters. The molecular weight excluding hydrogens is 289 g/mol. The minimum absolute atomic E-state index is 0. The third-order valence-electron chi connectivity index (χ3n) is 2.81. The zero-order chi connectivity index (χ0) is 14.6. The molecule has 0 bridgehead atoms. The fourth-order valence-corrected chi connectivity index (χ4v) is 2.31. The number of nitrogens with one attached hydrogen (secondary N) is 1. The van der Waals surface area contributed by atoms with Crippen molar-refractivity contribution in [2.24, 2.45) is 0 Å². The van der Waals surface area contributed by atoms with Crippen LogP contribution in [0, 0.1) is 0 Å². The number of hydrogen-bond donors (Lipinski definition) is 1. The van der Waals surface area contributed by atoms with Crippen LogP contribution < -0.4 is 34.9 Å². The molecule has 0 saturated carbocycles. The Kier molecular flexibility index (Phi) is 15.8. The molecule has 0 aliphatic rings. The molecule has 1 amide bonds. The van der Waals surface area contributed by atoms with Gasteiger partial charge in [-0.25, -0.2) is 8.42 Å². The van der Waals surface area contributed by atoms with Crippen molar-refractivity contribution in [3.63, 3.8) is 0 Å². The number of carbonyl (C=O) groups excluding carboxylic acids is 1. The summed E-state index contributed by atoms with van der Waals surface area (Å²) in [5.41, 5.74) is 0. The van der Waals surface area contributed by atoms with Gasteiger partial charge in [-0.3, -0.25) is 4.79 Å². The topological polar surface area (TPSA) is 86.3 Å². The van der Waals surface area contributed by atoms with Crippen molar-refractivity contribution >= 4 is 16.0 Å². The van der Waals surface area contributed by atoms with Gasteiger partial charge in [0.1, 0.15) is 0 Å². The summed E-state index contributed by atoms with van der Waals surface area (Å²) < 4.78 is 31.0. The summed E-state index contributed by atoms with van der Waals surface area (Å²) in [4.78, 5) is 10.8. The fraction of sp³-hybridized carbons (Fsp3) is 0.769. The first-order chi connectivity index (χ1) is 8.95. The van der Waals surface area contributed by atoms with Gasteiger partial charge in [0.05, 0.1) is 10.1 Å². The number of carbonyl (C=O) groups is 1. The van der Waals surface area contributed by atoms with Crippen LogP contribution in [0.15, 0.2) is 12.7 Å². The standard InChI is InChI=1S/C13H25NO4S.Na/c1-2-13(15)14-11-9-7-5-3-4-6-8-10-12-19(16,17)18;/h2H,1,3-12H2,(H,14,15)(H,16,17,18);/q;+1/p-1. The van der Waals surface area contributed by atoms with Gasteiger partial charge in [-0.15, -0.1) is 0 Å². The van der Waals surface area contributed by atoms with E-state index >= 15 is 0 Å². The maximum atomic E-state index is 10.8. The van der Waals surface area contributed by atoms with E-state index in [1.54, 1.807) is 0 Å². The Balaban J connectivity index is 0. The molecular formula is C13H24NNaO4S.